The summed E-state index contributed by atoms with van der Waals surface area (Å²) < 4.78 is 0. The second-order valence-electron chi connectivity index (χ2n) is 7.79. The van der Waals surface area contributed by atoms with E-state index in [9.17, 15) is 14.4 Å². The number of rotatable bonds is 8. The van der Waals surface area contributed by atoms with Crippen LogP contribution in [-0.2, 0) is 14.4 Å². The molecule has 7 nitrogen and oxygen atoms in total. The van der Waals surface area contributed by atoms with Crippen LogP contribution < -0.4 is 20.9 Å². The van der Waals surface area contributed by atoms with Crippen LogP contribution in [0.2, 0.25) is 0 Å². The van der Waals surface area contributed by atoms with Gasteiger partial charge in [0.25, 0.3) is 0 Å². The summed E-state index contributed by atoms with van der Waals surface area (Å²) in [6.45, 7) is 0.559. The molecule has 0 aromatic heterocycles. The molecule has 168 valence electrons. The van der Waals surface area contributed by atoms with Crippen molar-refractivity contribution in [2.24, 2.45) is 0 Å². The molecular weight excluding hydrogens is 416 g/mol. The van der Waals surface area contributed by atoms with Crippen molar-refractivity contribution in [3.05, 3.63) is 90.5 Å². The molecule has 1 unspecified atom stereocenters. The average molecular weight is 443 g/mol. The van der Waals surface area contributed by atoms with Crippen LogP contribution in [0.1, 0.15) is 24.4 Å². The van der Waals surface area contributed by atoms with E-state index in [2.05, 4.69) is 16.0 Å². The summed E-state index contributed by atoms with van der Waals surface area (Å²) in [5, 5.41) is 8.83. The third kappa shape index (κ3) is 5.64. The van der Waals surface area contributed by atoms with Crippen molar-refractivity contribution in [1.29, 1.82) is 0 Å². The Morgan fingerprint density at radius 1 is 0.848 bits per heavy atom. The predicted octanol–water partition coefficient (Wildman–Crippen LogP) is 3.72. The molecule has 3 aromatic carbocycles. The Balaban J connectivity index is 1.44. The topological polar surface area (TPSA) is 90.5 Å². The van der Waals surface area contributed by atoms with E-state index in [-0.39, 0.29) is 24.3 Å². The summed E-state index contributed by atoms with van der Waals surface area (Å²) in [5.41, 5.74) is 2.69. The summed E-state index contributed by atoms with van der Waals surface area (Å²) in [6, 6.07) is 25.0. The van der Waals surface area contributed by atoms with E-state index in [0.29, 0.717) is 30.0 Å². The monoisotopic (exact) mass is 442 g/mol. The molecule has 3 N–H and O–H groups in total. The molecule has 1 aliphatic rings. The number of para-hydroxylation sites is 3. The van der Waals surface area contributed by atoms with Crippen molar-refractivity contribution < 1.29 is 14.4 Å². The van der Waals surface area contributed by atoms with E-state index < -0.39 is 6.04 Å². The molecule has 0 aliphatic carbocycles. The first kappa shape index (κ1) is 22.2. The van der Waals surface area contributed by atoms with Crippen molar-refractivity contribution in [3.63, 3.8) is 0 Å². The molecule has 4 rings (SSSR count). The Morgan fingerprint density at radius 3 is 2.21 bits per heavy atom. The van der Waals surface area contributed by atoms with Crippen molar-refractivity contribution in [2.75, 3.05) is 28.6 Å². The van der Waals surface area contributed by atoms with E-state index in [1.807, 2.05) is 78.9 Å². The number of benzene rings is 3. The van der Waals surface area contributed by atoms with Gasteiger partial charge >= 0.3 is 0 Å². The lowest BCUT2D eigenvalue weighted by Crippen LogP contribution is -2.38. The zero-order valence-corrected chi connectivity index (χ0v) is 18.2. The number of hydrogen-bond acceptors (Lipinski definition) is 4. The van der Waals surface area contributed by atoms with Crippen LogP contribution in [0.4, 0.5) is 17.1 Å². The lowest BCUT2D eigenvalue weighted by molar-refractivity contribution is -0.119. The molecule has 0 radical (unpaired) electrons. The largest absolute Gasteiger partial charge is 0.324 e. The molecule has 3 aromatic rings. The highest BCUT2D eigenvalue weighted by atomic mass is 16.2. The lowest BCUT2D eigenvalue weighted by Gasteiger charge is -2.21. The Bertz CT molecular complexity index is 1120. The second kappa shape index (κ2) is 10.6. The SMILES string of the molecule is O=C(CNC(C(=O)Nc1ccccc1)c1ccccc1)Nc1ccccc1N1CCCC1=O. The van der Waals surface area contributed by atoms with Gasteiger partial charge in [0.15, 0.2) is 0 Å². The number of carbonyl (C=O) groups is 3. The van der Waals surface area contributed by atoms with Crippen molar-refractivity contribution in [3.8, 4) is 0 Å². The molecular formula is C26H26N4O3. The standard InChI is InChI=1S/C26H26N4O3/c31-23(29-21-14-7-8-15-22(21)30-17-9-16-24(30)32)18-27-25(19-10-3-1-4-11-19)26(33)28-20-12-5-2-6-13-20/h1-8,10-15,25,27H,9,16-18H2,(H,28,33)(H,29,31). The zero-order chi connectivity index (χ0) is 23.0. The average Bonchev–Trinajstić information content (AvgIpc) is 3.26. The fourth-order valence-electron chi connectivity index (χ4n) is 3.85. The third-order valence-electron chi connectivity index (χ3n) is 5.45. The summed E-state index contributed by atoms with van der Waals surface area (Å²) in [5.74, 6) is -0.512. The number of anilines is 3. The highest BCUT2D eigenvalue weighted by Gasteiger charge is 2.25. The van der Waals surface area contributed by atoms with Crippen LogP contribution in [0.5, 0.6) is 0 Å². The van der Waals surface area contributed by atoms with Gasteiger partial charge in [-0.15, -0.1) is 0 Å². The fourth-order valence-corrected chi connectivity index (χ4v) is 3.85. The van der Waals surface area contributed by atoms with Crippen molar-refractivity contribution in [2.45, 2.75) is 18.9 Å². The normalized spacial score (nSPS) is 14.1. The van der Waals surface area contributed by atoms with Gasteiger partial charge in [-0.1, -0.05) is 60.7 Å². The smallest absolute Gasteiger partial charge is 0.246 e. The third-order valence-corrected chi connectivity index (χ3v) is 5.45. The van der Waals surface area contributed by atoms with Gasteiger partial charge in [0.2, 0.25) is 17.7 Å². The van der Waals surface area contributed by atoms with E-state index in [1.54, 1.807) is 11.0 Å². The van der Waals surface area contributed by atoms with Gasteiger partial charge in [-0.3, -0.25) is 19.7 Å². The molecule has 1 saturated heterocycles. The Hall–Kier alpha value is -3.97. The van der Waals surface area contributed by atoms with E-state index in [1.165, 1.54) is 0 Å². The van der Waals surface area contributed by atoms with E-state index >= 15 is 0 Å². The minimum Gasteiger partial charge on any atom is -0.324 e. The Morgan fingerprint density at radius 2 is 1.52 bits per heavy atom. The highest BCUT2D eigenvalue weighted by molar-refractivity contribution is 6.02. The Kier molecular flexibility index (Phi) is 7.12. The van der Waals surface area contributed by atoms with Gasteiger partial charge in [0.1, 0.15) is 6.04 Å². The molecule has 1 atom stereocenters. The van der Waals surface area contributed by atoms with Gasteiger partial charge in [0.05, 0.1) is 17.9 Å². The quantitative estimate of drug-likeness (QED) is 0.496. The summed E-state index contributed by atoms with van der Waals surface area (Å²) in [7, 11) is 0. The number of nitrogens with zero attached hydrogens (tertiary/aromatic N) is 1. The van der Waals surface area contributed by atoms with Gasteiger partial charge in [-0.25, -0.2) is 0 Å². The van der Waals surface area contributed by atoms with Gasteiger partial charge < -0.3 is 15.5 Å². The van der Waals surface area contributed by atoms with Crippen molar-refractivity contribution >= 4 is 34.8 Å². The molecule has 0 saturated carbocycles. The van der Waals surface area contributed by atoms with Crippen LogP contribution in [0.25, 0.3) is 0 Å². The maximum atomic E-state index is 13.0. The Labute approximate surface area is 192 Å². The molecule has 1 aliphatic heterocycles. The maximum absolute atomic E-state index is 13.0. The van der Waals surface area contributed by atoms with E-state index in [4.69, 9.17) is 0 Å². The van der Waals surface area contributed by atoms with E-state index in [0.717, 1.165) is 12.0 Å². The highest BCUT2D eigenvalue weighted by Crippen LogP contribution is 2.29. The summed E-state index contributed by atoms with van der Waals surface area (Å²) >= 11 is 0. The van der Waals surface area contributed by atoms with Gasteiger partial charge in [-0.2, -0.15) is 0 Å². The van der Waals surface area contributed by atoms with Crippen LogP contribution in [0.15, 0.2) is 84.9 Å². The van der Waals surface area contributed by atoms with Gasteiger partial charge in [-0.05, 0) is 36.2 Å². The maximum Gasteiger partial charge on any atom is 0.246 e. The van der Waals surface area contributed by atoms with Gasteiger partial charge in [0, 0.05) is 18.7 Å². The zero-order valence-electron chi connectivity index (χ0n) is 18.2. The van der Waals surface area contributed by atoms with Crippen molar-refractivity contribution in [1.82, 2.24) is 5.32 Å². The number of amides is 3. The summed E-state index contributed by atoms with van der Waals surface area (Å²) in [4.78, 5) is 39.6. The minimum absolute atomic E-state index is 0.0524. The molecule has 3 amide bonds. The second-order valence-corrected chi connectivity index (χ2v) is 7.79. The number of carbonyl (C=O) groups excluding carboxylic acids is 3. The van der Waals surface area contributed by atoms with Crippen LogP contribution >= 0.6 is 0 Å². The number of nitrogens with one attached hydrogen (secondary N) is 3. The predicted molar refractivity (Wildman–Crippen MR) is 129 cm³/mol. The summed E-state index contributed by atoms with van der Waals surface area (Å²) in [6.07, 6.45) is 1.32. The minimum atomic E-state index is -0.715. The molecule has 0 spiro atoms. The molecule has 1 fully saturated rings. The number of hydrogen-bond donors (Lipinski definition) is 3. The first-order valence-corrected chi connectivity index (χ1v) is 11.0. The molecule has 0 bridgehead atoms. The first-order chi connectivity index (χ1) is 16.1. The molecule has 1 heterocycles. The fraction of sp³-hybridized carbons (Fsp3) is 0.192. The molecule has 7 heteroatoms. The molecule has 33 heavy (non-hydrogen) atoms. The van der Waals surface area contributed by atoms with Crippen LogP contribution in [0, 0.1) is 0 Å². The van der Waals surface area contributed by atoms with Crippen LogP contribution in [-0.4, -0.2) is 30.8 Å². The lowest BCUT2D eigenvalue weighted by atomic mass is 10.1. The van der Waals surface area contributed by atoms with Crippen LogP contribution in [0.3, 0.4) is 0 Å². The first-order valence-electron chi connectivity index (χ1n) is 11.0.